The number of thiophene rings is 1. The number of carbonyl (C=O) groups excluding carboxylic acids is 1. The van der Waals surface area contributed by atoms with Crippen LogP contribution in [0.25, 0.3) is 0 Å². The summed E-state index contributed by atoms with van der Waals surface area (Å²) in [6, 6.07) is 2.43. The maximum atomic E-state index is 12.1. The van der Waals surface area contributed by atoms with E-state index in [0.29, 0.717) is 24.7 Å². The summed E-state index contributed by atoms with van der Waals surface area (Å²) in [5, 5.41) is 4.97. The van der Waals surface area contributed by atoms with Crippen molar-refractivity contribution in [1.29, 1.82) is 0 Å². The largest absolute Gasteiger partial charge is 0.464 e. The summed E-state index contributed by atoms with van der Waals surface area (Å²) in [6.07, 6.45) is 1.21. The van der Waals surface area contributed by atoms with Crippen LogP contribution in [-0.2, 0) is 11.2 Å². The van der Waals surface area contributed by atoms with Crippen LogP contribution in [0.3, 0.4) is 0 Å². The number of anilines is 1. The summed E-state index contributed by atoms with van der Waals surface area (Å²) in [6.45, 7) is 8.16. The van der Waals surface area contributed by atoms with Crippen LogP contribution in [0, 0.1) is 20.8 Å². The molecule has 6 heteroatoms. The van der Waals surface area contributed by atoms with Crippen LogP contribution in [0.4, 0.5) is 5.69 Å². The average Bonchev–Trinajstić information content (AvgIpc) is 2.86. The summed E-state index contributed by atoms with van der Waals surface area (Å²) in [4.78, 5) is 21.9. The fourth-order valence-corrected chi connectivity index (χ4v) is 3.06. The Labute approximate surface area is 134 Å². The van der Waals surface area contributed by atoms with Gasteiger partial charge in [0.15, 0.2) is 0 Å². The Kier molecular flexibility index (Phi) is 5.49. The number of carbonyl (C=O) groups is 1. The number of aryl methyl sites for hydroxylation is 4. The van der Waals surface area contributed by atoms with E-state index in [2.05, 4.69) is 33.7 Å². The maximum absolute atomic E-state index is 12.1. The molecule has 0 aromatic carbocycles. The lowest BCUT2D eigenvalue weighted by Gasteiger charge is -2.12. The molecular weight excluding hydrogens is 298 g/mol. The maximum Gasteiger partial charge on any atom is 0.316 e. The van der Waals surface area contributed by atoms with Gasteiger partial charge in [-0.05, 0) is 51.1 Å². The zero-order valence-electron chi connectivity index (χ0n) is 13.4. The Morgan fingerprint density at radius 3 is 2.50 bits per heavy atom. The molecule has 118 valence electrons. The van der Waals surface area contributed by atoms with E-state index in [0.717, 1.165) is 17.8 Å². The molecule has 0 bridgehead atoms. The number of rotatable bonds is 6. The molecule has 2 rings (SSSR count). The topological polar surface area (TPSA) is 64.1 Å². The highest BCUT2D eigenvalue weighted by molar-refractivity contribution is 7.10. The van der Waals surface area contributed by atoms with Crippen LogP contribution < -0.4 is 10.1 Å². The molecule has 1 N–H and O–H groups in total. The average molecular weight is 319 g/mol. The van der Waals surface area contributed by atoms with Gasteiger partial charge in [-0.1, -0.05) is 0 Å². The molecular formula is C16H21N3O2S. The molecule has 2 heterocycles. The van der Waals surface area contributed by atoms with E-state index in [4.69, 9.17) is 4.74 Å². The van der Waals surface area contributed by atoms with Crippen LogP contribution in [0.5, 0.6) is 6.01 Å². The van der Waals surface area contributed by atoms with Gasteiger partial charge in [-0.25, -0.2) is 0 Å². The van der Waals surface area contributed by atoms with Gasteiger partial charge in [0.1, 0.15) is 0 Å². The third kappa shape index (κ3) is 4.04. The highest BCUT2D eigenvalue weighted by Crippen LogP contribution is 2.21. The minimum atomic E-state index is -0.0215. The van der Waals surface area contributed by atoms with Crippen molar-refractivity contribution in [3.63, 3.8) is 0 Å². The minimum Gasteiger partial charge on any atom is -0.464 e. The standard InChI is InChI=1S/C16H21N3O2S/c1-5-21-16-17-11(3)15(12(4)18-16)19-14(20)7-6-13-10(2)8-9-22-13/h8-9H,5-7H2,1-4H3,(H,19,20). The molecule has 0 fully saturated rings. The molecule has 5 nitrogen and oxygen atoms in total. The van der Waals surface area contributed by atoms with Crippen LogP contribution >= 0.6 is 11.3 Å². The monoisotopic (exact) mass is 319 g/mol. The first-order chi connectivity index (χ1) is 10.5. The molecule has 0 aliphatic rings. The van der Waals surface area contributed by atoms with Gasteiger partial charge in [0.2, 0.25) is 5.91 Å². The van der Waals surface area contributed by atoms with E-state index >= 15 is 0 Å². The molecule has 0 unspecified atom stereocenters. The summed E-state index contributed by atoms with van der Waals surface area (Å²) in [7, 11) is 0. The van der Waals surface area contributed by atoms with E-state index in [1.807, 2.05) is 20.8 Å². The van der Waals surface area contributed by atoms with Crippen molar-refractivity contribution < 1.29 is 9.53 Å². The summed E-state index contributed by atoms with van der Waals surface area (Å²) in [5.74, 6) is -0.0215. The quantitative estimate of drug-likeness (QED) is 0.886. The van der Waals surface area contributed by atoms with Crippen LogP contribution in [0.1, 0.15) is 35.2 Å². The van der Waals surface area contributed by atoms with E-state index in [1.54, 1.807) is 11.3 Å². The van der Waals surface area contributed by atoms with Crippen molar-refractivity contribution in [1.82, 2.24) is 9.97 Å². The second kappa shape index (κ2) is 7.35. The van der Waals surface area contributed by atoms with Gasteiger partial charge in [0.25, 0.3) is 0 Å². The molecule has 2 aromatic heterocycles. The van der Waals surface area contributed by atoms with E-state index in [1.165, 1.54) is 10.4 Å². The number of amides is 1. The Bertz CT molecular complexity index is 644. The second-order valence-electron chi connectivity index (χ2n) is 5.06. The molecule has 2 aromatic rings. The highest BCUT2D eigenvalue weighted by Gasteiger charge is 2.13. The van der Waals surface area contributed by atoms with Gasteiger partial charge < -0.3 is 10.1 Å². The van der Waals surface area contributed by atoms with E-state index < -0.39 is 0 Å². The van der Waals surface area contributed by atoms with Crippen molar-refractivity contribution in [3.05, 3.63) is 33.3 Å². The molecule has 22 heavy (non-hydrogen) atoms. The first kappa shape index (κ1) is 16.4. The molecule has 1 amide bonds. The van der Waals surface area contributed by atoms with Crippen LogP contribution in [0.2, 0.25) is 0 Å². The van der Waals surface area contributed by atoms with Gasteiger partial charge in [-0.3, -0.25) is 4.79 Å². The summed E-state index contributed by atoms with van der Waals surface area (Å²) in [5.41, 5.74) is 3.36. The molecule has 0 saturated carbocycles. The molecule has 0 radical (unpaired) electrons. The molecule has 0 spiro atoms. The predicted molar refractivity (Wildman–Crippen MR) is 88.7 cm³/mol. The number of ether oxygens (including phenoxy) is 1. The van der Waals surface area contributed by atoms with Gasteiger partial charge in [0, 0.05) is 11.3 Å². The first-order valence-electron chi connectivity index (χ1n) is 7.32. The van der Waals surface area contributed by atoms with Crippen molar-refractivity contribution in [2.45, 2.75) is 40.5 Å². The van der Waals surface area contributed by atoms with Crippen molar-refractivity contribution in [2.75, 3.05) is 11.9 Å². The SMILES string of the molecule is CCOc1nc(C)c(NC(=O)CCc2sccc2C)c(C)n1. The highest BCUT2D eigenvalue weighted by atomic mass is 32.1. The van der Waals surface area contributed by atoms with Crippen molar-refractivity contribution in [2.24, 2.45) is 0 Å². The van der Waals surface area contributed by atoms with E-state index in [9.17, 15) is 4.79 Å². The fourth-order valence-electron chi connectivity index (χ4n) is 2.15. The van der Waals surface area contributed by atoms with Crippen molar-refractivity contribution in [3.8, 4) is 6.01 Å². The number of hydrogen-bond donors (Lipinski definition) is 1. The van der Waals surface area contributed by atoms with Crippen LogP contribution in [-0.4, -0.2) is 22.5 Å². The summed E-state index contributed by atoms with van der Waals surface area (Å²) < 4.78 is 5.30. The van der Waals surface area contributed by atoms with Gasteiger partial charge in [0.05, 0.1) is 23.7 Å². The second-order valence-corrected chi connectivity index (χ2v) is 6.06. The predicted octanol–water partition coefficient (Wildman–Crippen LogP) is 3.43. The molecule has 0 aliphatic heterocycles. The minimum absolute atomic E-state index is 0.0215. The lowest BCUT2D eigenvalue weighted by Crippen LogP contribution is -2.16. The van der Waals surface area contributed by atoms with Gasteiger partial charge >= 0.3 is 6.01 Å². The number of nitrogens with zero attached hydrogens (tertiary/aromatic N) is 2. The number of aromatic nitrogens is 2. The van der Waals surface area contributed by atoms with Crippen LogP contribution in [0.15, 0.2) is 11.4 Å². The Morgan fingerprint density at radius 1 is 1.27 bits per heavy atom. The Hall–Kier alpha value is -1.95. The first-order valence-corrected chi connectivity index (χ1v) is 8.20. The fraction of sp³-hybridized carbons (Fsp3) is 0.438. The number of hydrogen-bond acceptors (Lipinski definition) is 5. The molecule has 0 aliphatic carbocycles. The van der Waals surface area contributed by atoms with Crippen molar-refractivity contribution >= 4 is 22.9 Å². The van der Waals surface area contributed by atoms with Gasteiger partial charge in [-0.15, -0.1) is 11.3 Å². The zero-order valence-corrected chi connectivity index (χ0v) is 14.2. The smallest absolute Gasteiger partial charge is 0.316 e. The Morgan fingerprint density at radius 2 is 1.95 bits per heavy atom. The number of nitrogens with one attached hydrogen (secondary N) is 1. The third-order valence-electron chi connectivity index (χ3n) is 3.34. The lowest BCUT2D eigenvalue weighted by molar-refractivity contribution is -0.116. The third-order valence-corrected chi connectivity index (χ3v) is 4.42. The zero-order chi connectivity index (χ0) is 16.1. The van der Waals surface area contributed by atoms with E-state index in [-0.39, 0.29) is 5.91 Å². The van der Waals surface area contributed by atoms with Gasteiger partial charge in [-0.2, -0.15) is 9.97 Å². The summed E-state index contributed by atoms with van der Waals surface area (Å²) >= 11 is 1.69. The lowest BCUT2D eigenvalue weighted by atomic mass is 10.2. The molecule has 0 saturated heterocycles. The Balaban J connectivity index is 2.01. The molecule has 0 atom stereocenters. The normalized spacial score (nSPS) is 10.5.